The van der Waals surface area contributed by atoms with Crippen molar-refractivity contribution in [2.24, 2.45) is 0 Å². The van der Waals surface area contributed by atoms with E-state index in [0.29, 0.717) is 18.7 Å². The van der Waals surface area contributed by atoms with Crippen molar-refractivity contribution in [3.8, 4) is 0 Å². The maximum Gasteiger partial charge on any atom is 0.290 e. The van der Waals surface area contributed by atoms with Gasteiger partial charge in [-0.2, -0.15) is 0 Å². The van der Waals surface area contributed by atoms with Crippen LogP contribution in [0.25, 0.3) is 11.0 Å². The van der Waals surface area contributed by atoms with E-state index in [1.165, 1.54) is 0 Å². The molecule has 1 amide bonds. The monoisotopic (exact) mass is 433 g/mol. The van der Waals surface area contributed by atoms with E-state index in [1.54, 1.807) is 17.0 Å². The predicted octanol–water partition coefficient (Wildman–Crippen LogP) is 3.64. The van der Waals surface area contributed by atoms with Gasteiger partial charge in [0.2, 0.25) is 5.78 Å². The summed E-state index contributed by atoms with van der Waals surface area (Å²) in [5.74, 6) is -1.45. The van der Waals surface area contributed by atoms with Gasteiger partial charge in [-0.1, -0.05) is 30.3 Å². The Balaban J connectivity index is 1.77. The van der Waals surface area contributed by atoms with Crippen molar-refractivity contribution in [3.63, 3.8) is 0 Å². The molecule has 1 aliphatic heterocycles. The average Bonchev–Trinajstić information content (AvgIpc) is 3.31. The number of hydrogen-bond acceptors (Lipinski definition) is 6. The number of carbonyl (C=O) groups is 2. The number of anilines is 1. The van der Waals surface area contributed by atoms with E-state index in [0.717, 1.165) is 16.6 Å². The van der Waals surface area contributed by atoms with Gasteiger partial charge < -0.3 is 24.2 Å². The van der Waals surface area contributed by atoms with Crippen LogP contribution in [-0.2, 0) is 4.79 Å². The Kier molecular flexibility index (Phi) is 5.76. The van der Waals surface area contributed by atoms with Gasteiger partial charge >= 0.3 is 0 Å². The highest BCUT2D eigenvalue weighted by molar-refractivity contribution is 6.16. The van der Waals surface area contributed by atoms with Crippen LogP contribution in [0.15, 0.2) is 70.3 Å². The molecule has 0 saturated carbocycles. The molecule has 166 valence electrons. The molecule has 1 aromatic heterocycles. The number of aliphatic hydroxyl groups is 1. The number of Topliss-reactive ketones (excluding diaryl/α,β-unsaturated/α-hetero) is 1. The van der Waals surface area contributed by atoms with Gasteiger partial charge in [0.15, 0.2) is 11.5 Å². The van der Waals surface area contributed by atoms with Crippen LogP contribution in [0.3, 0.4) is 0 Å². The van der Waals surface area contributed by atoms with E-state index < -0.39 is 23.5 Å². The molecule has 3 aromatic rings. The molecule has 7 nitrogen and oxygen atoms in total. The minimum absolute atomic E-state index is 0.0467. The molecule has 1 N–H and O–H groups in total. The maximum atomic E-state index is 13.5. The number of para-hydroxylation sites is 1. The molecule has 0 aliphatic carbocycles. The van der Waals surface area contributed by atoms with E-state index in [-0.39, 0.29) is 11.3 Å². The van der Waals surface area contributed by atoms with Gasteiger partial charge in [0.1, 0.15) is 5.58 Å². The lowest BCUT2D eigenvalue weighted by molar-refractivity contribution is -0.129. The van der Waals surface area contributed by atoms with Gasteiger partial charge in [-0.25, -0.2) is 0 Å². The number of amides is 1. The zero-order valence-corrected chi connectivity index (χ0v) is 18.7. The molecular formula is C25H27N3O4. The van der Waals surface area contributed by atoms with Gasteiger partial charge in [-0.05, 0) is 43.9 Å². The van der Waals surface area contributed by atoms with Gasteiger partial charge in [0.25, 0.3) is 5.91 Å². The van der Waals surface area contributed by atoms with Crippen LogP contribution in [0.4, 0.5) is 5.69 Å². The molecule has 4 rings (SSSR count). The van der Waals surface area contributed by atoms with Crippen molar-refractivity contribution in [1.82, 2.24) is 9.80 Å². The molecule has 1 atom stereocenters. The summed E-state index contributed by atoms with van der Waals surface area (Å²) in [6.07, 6.45) is 0. The molecule has 2 aromatic carbocycles. The first-order valence-corrected chi connectivity index (χ1v) is 10.5. The van der Waals surface area contributed by atoms with Crippen LogP contribution in [0.2, 0.25) is 0 Å². The summed E-state index contributed by atoms with van der Waals surface area (Å²) < 4.78 is 5.75. The Hall–Kier alpha value is -3.58. The second-order valence-electron chi connectivity index (χ2n) is 8.43. The summed E-state index contributed by atoms with van der Waals surface area (Å²) in [6, 6.07) is 15.9. The van der Waals surface area contributed by atoms with Crippen molar-refractivity contribution in [2.75, 3.05) is 46.2 Å². The van der Waals surface area contributed by atoms with E-state index in [2.05, 4.69) is 0 Å². The van der Waals surface area contributed by atoms with Crippen molar-refractivity contribution in [1.29, 1.82) is 0 Å². The summed E-state index contributed by atoms with van der Waals surface area (Å²) in [5, 5.41) is 11.6. The topological polar surface area (TPSA) is 77.2 Å². The lowest BCUT2D eigenvalue weighted by Gasteiger charge is -2.28. The van der Waals surface area contributed by atoms with Crippen LogP contribution in [0.1, 0.15) is 22.2 Å². The molecule has 0 bridgehead atoms. The Labute approximate surface area is 187 Å². The molecule has 2 heterocycles. The first-order valence-electron chi connectivity index (χ1n) is 10.5. The van der Waals surface area contributed by atoms with Crippen LogP contribution < -0.4 is 4.90 Å². The lowest BCUT2D eigenvalue weighted by atomic mass is 9.94. The highest BCUT2D eigenvalue weighted by atomic mass is 16.3. The second-order valence-corrected chi connectivity index (χ2v) is 8.43. The summed E-state index contributed by atoms with van der Waals surface area (Å²) >= 11 is 0. The fourth-order valence-corrected chi connectivity index (χ4v) is 3.95. The van der Waals surface area contributed by atoms with E-state index in [4.69, 9.17) is 4.42 Å². The highest BCUT2D eigenvalue weighted by Gasteiger charge is 2.44. The minimum atomic E-state index is -0.695. The van der Waals surface area contributed by atoms with Crippen LogP contribution >= 0.6 is 0 Å². The molecule has 0 fully saturated rings. The quantitative estimate of drug-likeness (QED) is 0.574. The highest BCUT2D eigenvalue weighted by Crippen LogP contribution is 2.39. The van der Waals surface area contributed by atoms with Crippen LogP contribution in [-0.4, -0.2) is 67.9 Å². The number of furan rings is 1. The Morgan fingerprint density at radius 2 is 1.75 bits per heavy atom. The Morgan fingerprint density at radius 3 is 2.38 bits per heavy atom. The lowest BCUT2D eigenvalue weighted by Crippen LogP contribution is -2.36. The SMILES string of the molecule is CN(C)CCN1C(=O)C(O)=C(C(=O)c2cc3ccccc3o2)[C@H]1c1ccc(N(C)C)cc1. The zero-order valence-electron chi connectivity index (χ0n) is 18.7. The minimum Gasteiger partial charge on any atom is -0.503 e. The van der Waals surface area contributed by atoms with E-state index in [1.807, 2.05) is 80.5 Å². The number of hydrogen-bond donors (Lipinski definition) is 1. The number of rotatable bonds is 7. The first kappa shape index (κ1) is 21.6. The average molecular weight is 434 g/mol. The molecule has 0 unspecified atom stereocenters. The normalized spacial score (nSPS) is 16.5. The fourth-order valence-electron chi connectivity index (χ4n) is 3.95. The molecule has 0 radical (unpaired) electrons. The zero-order chi connectivity index (χ0) is 23.0. The number of carbonyl (C=O) groups excluding carboxylic acids is 2. The standard InChI is InChI=1S/C25H27N3O4/c1-26(2)13-14-28-22(16-9-11-18(12-10-16)27(3)4)21(24(30)25(28)31)23(29)20-15-17-7-5-6-8-19(17)32-20/h5-12,15,22,30H,13-14H2,1-4H3/t22-/m1/s1. The molecule has 0 spiro atoms. The fraction of sp³-hybridized carbons (Fsp3) is 0.280. The van der Waals surface area contributed by atoms with E-state index >= 15 is 0 Å². The summed E-state index contributed by atoms with van der Waals surface area (Å²) in [7, 11) is 7.71. The van der Waals surface area contributed by atoms with Gasteiger partial charge in [-0.3, -0.25) is 9.59 Å². The van der Waals surface area contributed by atoms with Crippen molar-refractivity contribution >= 4 is 28.3 Å². The predicted molar refractivity (Wildman–Crippen MR) is 124 cm³/mol. The first-order chi connectivity index (χ1) is 15.3. The Morgan fingerprint density at radius 1 is 1.06 bits per heavy atom. The molecular weight excluding hydrogens is 406 g/mol. The number of ketones is 1. The summed E-state index contributed by atoms with van der Waals surface area (Å²) in [6.45, 7) is 0.963. The van der Waals surface area contributed by atoms with E-state index in [9.17, 15) is 14.7 Å². The molecule has 32 heavy (non-hydrogen) atoms. The largest absolute Gasteiger partial charge is 0.503 e. The molecule has 1 aliphatic rings. The van der Waals surface area contributed by atoms with Crippen molar-refractivity contribution in [2.45, 2.75) is 6.04 Å². The van der Waals surface area contributed by atoms with Gasteiger partial charge in [-0.15, -0.1) is 0 Å². The van der Waals surface area contributed by atoms with Crippen LogP contribution in [0.5, 0.6) is 0 Å². The number of benzene rings is 2. The smallest absolute Gasteiger partial charge is 0.290 e. The van der Waals surface area contributed by atoms with Crippen molar-refractivity contribution in [3.05, 3.63) is 77.3 Å². The molecule has 0 saturated heterocycles. The third-order valence-corrected chi connectivity index (χ3v) is 5.71. The summed E-state index contributed by atoms with van der Waals surface area (Å²) in [4.78, 5) is 32.0. The van der Waals surface area contributed by atoms with Gasteiger partial charge in [0.05, 0.1) is 11.6 Å². The maximum absolute atomic E-state index is 13.5. The third-order valence-electron chi connectivity index (χ3n) is 5.71. The summed E-state index contributed by atoms with van der Waals surface area (Å²) in [5.41, 5.74) is 2.38. The van der Waals surface area contributed by atoms with Gasteiger partial charge in [0, 0.05) is 38.3 Å². The van der Waals surface area contributed by atoms with Crippen molar-refractivity contribution < 1.29 is 19.1 Å². The third kappa shape index (κ3) is 3.87. The number of aliphatic hydroxyl groups excluding tert-OH is 1. The second kappa shape index (κ2) is 8.51. The Bertz CT molecular complexity index is 1160. The molecule has 7 heteroatoms. The number of likely N-dealkylation sites (N-methyl/N-ethyl adjacent to an activating group) is 1. The van der Waals surface area contributed by atoms with Crippen LogP contribution in [0, 0.1) is 0 Å². The number of nitrogens with zero attached hydrogens (tertiary/aromatic N) is 3. The number of fused-ring (bicyclic) bond motifs is 1.